The Balaban J connectivity index is 1.99. The molecule has 2 aromatic carbocycles. The van der Waals surface area contributed by atoms with Gasteiger partial charge in [-0.05, 0) is 37.8 Å². The molecule has 2 aromatic rings. The molecular formula is C24H31N3O4S. The van der Waals surface area contributed by atoms with Crippen LogP contribution in [-0.2, 0) is 21.8 Å². The van der Waals surface area contributed by atoms with E-state index < -0.39 is 11.0 Å². The molecule has 0 unspecified atom stereocenters. The van der Waals surface area contributed by atoms with Gasteiger partial charge in [0.15, 0.2) is 0 Å². The number of hydrogen-bond donors (Lipinski definition) is 1. The lowest BCUT2D eigenvalue weighted by atomic mass is 10.1. The van der Waals surface area contributed by atoms with E-state index in [9.17, 15) is 19.7 Å². The van der Waals surface area contributed by atoms with Crippen LogP contribution in [0.25, 0.3) is 0 Å². The third-order valence-electron chi connectivity index (χ3n) is 5.29. The van der Waals surface area contributed by atoms with Gasteiger partial charge in [0.25, 0.3) is 5.69 Å². The molecule has 0 spiro atoms. The number of nitro benzene ring substituents is 1. The first-order valence-corrected chi connectivity index (χ1v) is 11.9. The highest BCUT2D eigenvalue weighted by atomic mass is 32.2. The first-order chi connectivity index (χ1) is 15.3. The smallest absolute Gasteiger partial charge is 0.269 e. The minimum Gasteiger partial charge on any atom is -0.352 e. The maximum absolute atomic E-state index is 13.0. The molecule has 0 saturated heterocycles. The fraction of sp³-hybridized carbons (Fsp3) is 0.417. The van der Waals surface area contributed by atoms with Gasteiger partial charge < -0.3 is 10.2 Å². The summed E-state index contributed by atoms with van der Waals surface area (Å²) in [5, 5.41) is 13.7. The second-order valence-corrected chi connectivity index (χ2v) is 8.72. The molecule has 1 N–H and O–H groups in total. The lowest BCUT2D eigenvalue weighted by molar-refractivity contribution is -0.384. The van der Waals surface area contributed by atoms with Crippen LogP contribution in [0.5, 0.6) is 0 Å². The Hall–Kier alpha value is -2.87. The van der Waals surface area contributed by atoms with Crippen molar-refractivity contribution in [3.05, 3.63) is 75.8 Å². The quantitative estimate of drug-likeness (QED) is 0.381. The summed E-state index contributed by atoms with van der Waals surface area (Å²) in [5.74, 6) is 0.539. The highest BCUT2D eigenvalue weighted by Gasteiger charge is 2.26. The Morgan fingerprint density at radius 3 is 2.31 bits per heavy atom. The van der Waals surface area contributed by atoms with Crippen LogP contribution in [0.15, 0.2) is 54.6 Å². The average molecular weight is 458 g/mol. The van der Waals surface area contributed by atoms with Crippen LogP contribution in [0.2, 0.25) is 0 Å². The van der Waals surface area contributed by atoms with Crippen molar-refractivity contribution in [2.45, 2.75) is 51.4 Å². The van der Waals surface area contributed by atoms with Crippen molar-refractivity contribution in [1.29, 1.82) is 0 Å². The minimum absolute atomic E-state index is 0.0445. The molecule has 0 aliphatic rings. The Kier molecular flexibility index (Phi) is 10.2. The standard InChI is InChI=1S/C24H31N3O4S/c1-4-18(2)25-24(29)19(3)26(15-14-20-8-6-5-7-9-20)23(28)17-32-16-21-10-12-22(13-11-21)27(30)31/h5-13,18-19H,4,14-17H2,1-3H3,(H,25,29)/t18-,19-/m0/s1. The Bertz CT molecular complexity index is 890. The third kappa shape index (κ3) is 8.00. The van der Waals surface area contributed by atoms with Crippen molar-refractivity contribution < 1.29 is 14.5 Å². The van der Waals surface area contributed by atoms with Gasteiger partial charge in [0, 0.05) is 30.5 Å². The molecular weight excluding hydrogens is 426 g/mol. The molecule has 0 aliphatic carbocycles. The van der Waals surface area contributed by atoms with Crippen molar-refractivity contribution in [2.24, 2.45) is 0 Å². The molecule has 0 radical (unpaired) electrons. The van der Waals surface area contributed by atoms with Gasteiger partial charge in [0.05, 0.1) is 10.7 Å². The highest BCUT2D eigenvalue weighted by molar-refractivity contribution is 7.99. The van der Waals surface area contributed by atoms with Crippen molar-refractivity contribution in [1.82, 2.24) is 10.2 Å². The van der Waals surface area contributed by atoms with E-state index >= 15 is 0 Å². The SMILES string of the molecule is CC[C@H](C)NC(=O)[C@H](C)N(CCc1ccccc1)C(=O)CSCc1ccc([N+](=O)[O-])cc1. The molecule has 0 saturated carbocycles. The third-order valence-corrected chi connectivity index (χ3v) is 6.28. The van der Waals surface area contributed by atoms with E-state index in [0.29, 0.717) is 18.7 Å². The Morgan fingerprint density at radius 1 is 1.06 bits per heavy atom. The first kappa shape index (κ1) is 25.4. The molecule has 0 bridgehead atoms. The van der Waals surface area contributed by atoms with Crippen LogP contribution in [0.4, 0.5) is 5.69 Å². The van der Waals surface area contributed by atoms with Gasteiger partial charge >= 0.3 is 0 Å². The monoisotopic (exact) mass is 457 g/mol. The number of carbonyl (C=O) groups is 2. The lowest BCUT2D eigenvalue weighted by Crippen LogP contribution is -2.51. The molecule has 2 amide bonds. The van der Waals surface area contributed by atoms with Crippen molar-refractivity contribution in [3.8, 4) is 0 Å². The van der Waals surface area contributed by atoms with Gasteiger partial charge in [-0.3, -0.25) is 19.7 Å². The number of amides is 2. The Morgan fingerprint density at radius 2 is 1.72 bits per heavy atom. The molecule has 7 nitrogen and oxygen atoms in total. The van der Waals surface area contributed by atoms with Gasteiger partial charge in [-0.25, -0.2) is 0 Å². The lowest BCUT2D eigenvalue weighted by Gasteiger charge is -2.29. The minimum atomic E-state index is -0.569. The number of hydrogen-bond acceptors (Lipinski definition) is 5. The topological polar surface area (TPSA) is 92.6 Å². The number of benzene rings is 2. The summed E-state index contributed by atoms with van der Waals surface area (Å²) < 4.78 is 0. The fourth-order valence-electron chi connectivity index (χ4n) is 3.09. The van der Waals surface area contributed by atoms with Crippen molar-refractivity contribution in [3.63, 3.8) is 0 Å². The molecule has 2 atom stereocenters. The zero-order valence-electron chi connectivity index (χ0n) is 18.8. The van der Waals surface area contributed by atoms with Gasteiger partial charge in [-0.15, -0.1) is 11.8 Å². The summed E-state index contributed by atoms with van der Waals surface area (Å²) in [4.78, 5) is 37.7. The van der Waals surface area contributed by atoms with E-state index in [1.807, 2.05) is 44.2 Å². The number of nitro groups is 1. The number of nitrogens with zero attached hydrogens (tertiary/aromatic N) is 2. The van der Waals surface area contributed by atoms with Gasteiger partial charge in [-0.2, -0.15) is 0 Å². The summed E-state index contributed by atoms with van der Waals surface area (Å²) in [5.41, 5.74) is 2.06. The van der Waals surface area contributed by atoms with Gasteiger partial charge in [0.1, 0.15) is 6.04 Å². The summed E-state index contributed by atoms with van der Waals surface area (Å²) in [6, 6.07) is 15.7. The molecule has 0 aliphatic heterocycles. The van der Waals surface area contributed by atoms with Gasteiger partial charge in [-0.1, -0.05) is 49.4 Å². The van der Waals surface area contributed by atoms with E-state index in [-0.39, 0.29) is 29.3 Å². The van der Waals surface area contributed by atoms with E-state index in [2.05, 4.69) is 5.32 Å². The summed E-state index contributed by atoms with van der Waals surface area (Å²) in [7, 11) is 0. The predicted molar refractivity (Wildman–Crippen MR) is 128 cm³/mol. The Labute approximate surface area is 193 Å². The van der Waals surface area contributed by atoms with E-state index in [1.54, 1.807) is 24.0 Å². The summed E-state index contributed by atoms with van der Waals surface area (Å²) in [6.07, 6.45) is 1.49. The first-order valence-electron chi connectivity index (χ1n) is 10.8. The van der Waals surface area contributed by atoms with Gasteiger partial charge in [0.2, 0.25) is 11.8 Å². The number of carbonyl (C=O) groups excluding carboxylic acids is 2. The zero-order chi connectivity index (χ0) is 23.5. The molecule has 32 heavy (non-hydrogen) atoms. The van der Waals surface area contributed by atoms with Crippen LogP contribution in [0, 0.1) is 10.1 Å². The number of non-ortho nitro benzene ring substituents is 1. The van der Waals surface area contributed by atoms with E-state index in [0.717, 1.165) is 17.5 Å². The molecule has 2 rings (SSSR count). The molecule has 0 heterocycles. The van der Waals surface area contributed by atoms with E-state index in [4.69, 9.17) is 0 Å². The van der Waals surface area contributed by atoms with E-state index in [1.165, 1.54) is 23.9 Å². The highest BCUT2D eigenvalue weighted by Crippen LogP contribution is 2.18. The molecule has 0 fully saturated rings. The maximum Gasteiger partial charge on any atom is 0.269 e. The maximum atomic E-state index is 13.0. The number of rotatable bonds is 12. The van der Waals surface area contributed by atoms with Crippen LogP contribution < -0.4 is 5.32 Å². The van der Waals surface area contributed by atoms with Crippen molar-refractivity contribution >= 4 is 29.3 Å². The molecule has 0 aromatic heterocycles. The second kappa shape index (κ2) is 12.9. The van der Waals surface area contributed by atoms with Crippen LogP contribution >= 0.6 is 11.8 Å². The molecule has 172 valence electrons. The van der Waals surface area contributed by atoms with Crippen LogP contribution in [-0.4, -0.2) is 46.0 Å². The largest absolute Gasteiger partial charge is 0.352 e. The number of nitrogens with one attached hydrogen (secondary N) is 1. The number of thioether (sulfide) groups is 1. The predicted octanol–water partition coefficient (Wildman–Crippen LogP) is 4.20. The van der Waals surface area contributed by atoms with Crippen LogP contribution in [0.1, 0.15) is 38.3 Å². The average Bonchev–Trinajstić information content (AvgIpc) is 2.79. The molecule has 8 heteroatoms. The van der Waals surface area contributed by atoms with Crippen molar-refractivity contribution in [2.75, 3.05) is 12.3 Å². The zero-order valence-corrected chi connectivity index (χ0v) is 19.6. The summed E-state index contributed by atoms with van der Waals surface area (Å²) >= 11 is 1.43. The summed E-state index contributed by atoms with van der Waals surface area (Å²) in [6.45, 7) is 6.17. The van der Waals surface area contributed by atoms with Crippen LogP contribution in [0.3, 0.4) is 0 Å². The normalized spacial score (nSPS) is 12.6. The second-order valence-electron chi connectivity index (χ2n) is 7.73. The fourth-order valence-corrected chi connectivity index (χ4v) is 3.96.